The van der Waals surface area contributed by atoms with E-state index >= 15 is 0 Å². The Balaban J connectivity index is 1.69. The Hall–Kier alpha value is -3.42. The summed E-state index contributed by atoms with van der Waals surface area (Å²) < 4.78 is 21.0. The fraction of sp³-hybridized carbons (Fsp3) is 0.364. The maximum Gasteiger partial charge on any atom is 0.295 e. The van der Waals surface area contributed by atoms with E-state index in [4.69, 9.17) is 18.9 Å². The molecule has 0 radical (unpaired) electrons. The second-order valence-electron chi connectivity index (χ2n) is 6.72. The third kappa shape index (κ3) is 4.27. The fourth-order valence-corrected chi connectivity index (χ4v) is 3.44. The van der Waals surface area contributed by atoms with Crippen LogP contribution in [0.15, 0.2) is 36.4 Å². The van der Waals surface area contributed by atoms with Crippen molar-refractivity contribution in [1.82, 2.24) is 4.90 Å². The highest BCUT2D eigenvalue weighted by Crippen LogP contribution is 2.38. The first-order valence-electron chi connectivity index (χ1n) is 9.55. The third-order valence-corrected chi connectivity index (χ3v) is 5.13. The molecule has 160 valence electrons. The summed E-state index contributed by atoms with van der Waals surface area (Å²) in [7, 11) is 6.04. The van der Waals surface area contributed by atoms with Gasteiger partial charge in [0.2, 0.25) is 5.75 Å². The van der Waals surface area contributed by atoms with Crippen LogP contribution >= 0.6 is 0 Å². The third-order valence-electron chi connectivity index (χ3n) is 5.13. The number of nitrogens with zero attached hydrogens (tertiary/aromatic N) is 2. The summed E-state index contributed by atoms with van der Waals surface area (Å²) in [6.45, 7) is 2.20. The first-order valence-corrected chi connectivity index (χ1v) is 9.55. The lowest BCUT2D eigenvalue weighted by Gasteiger charge is -2.35. The van der Waals surface area contributed by atoms with Crippen LogP contribution in [0.2, 0.25) is 0 Å². The minimum absolute atomic E-state index is 0.201. The molecular formula is C22H26N2O6. The number of Topliss-reactive ketones (excluding diaryl/α,β-unsaturated/α-hetero) is 1. The molecule has 0 aliphatic carbocycles. The average molecular weight is 414 g/mol. The Kier molecular flexibility index (Phi) is 6.66. The van der Waals surface area contributed by atoms with Gasteiger partial charge in [-0.25, -0.2) is 0 Å². The van der Waals surface area contributed by atoms with Crippen LogP contribution in [0.3, 0.4) is 0 Å². The van der Waals surface area contributed by atoms with Crippen molar-refractivity contribution in [3.63, 3.8) is 0 Å². The number of anilines is 1. The van der Waals surface area contributed by atoms with Gasteiger partial charge in [-0.2, -0.15) is 0 Å². The van der Waals surface area contributed by atoms with Crippen LogP contribution in [0.5, 0.6) is 23.0 Å². The highest BCUT2D eigenvalue weighted by Gasteiger charge is 2.28. The van der Waals surface area contributed by atoms with Crippen LogP contribution in [0.4, 0.5) is 5.69 Å². The monoisotopic (exact) mass is 414 g/mol. The second-order valence-corrected chi connectivity index (χ2v) is 6.72. The molecule has 1 fully saturated rings. The van der Waals surface area contributed by atoms with Gasteiger partial charge in [-0.1, -0.05) is 0 Å². The minimum atomic E-state index is -0.604. The standard InChI is InChI=1S/C22H26N2O6/c1-27-17-7-5-16(6-8-17)23-9-11-24(12-10-23)22(26)20(25)15-13-18(28-2)21(30-4)19(14-15)29-3/h5-8,13-14H,9-12H2,1-4H3. The molecule has 8 heteroatoms. The molecule has 1 saturated heterocycles. The van der Waals surface area contributed by atoms with E-state index in [0.717, 1.165) is 11.4 Å². The number of hydrogen-bond acceptors (Lipinski definition) is 7. The van der Waals surface area contributed by atoms with Crippen molar-refractivity contribution in [2.75, 3.05) is 59.5 Å². The van der Waals surface area contributed by atoms with Gasteiger partial charge in [-0.15, -0.1) is 0 Å². The molecule has 3 rings (SSSR count). The number of rotatable bonds is 7. The normalized spacial score (nSPS) is 13.6. The van der Waals surface area contributed by atoms with Gasteiger partial charge >= 0.3 is 0 Å². The molecule has 2 aromatic rings. The quantitative estimate of drug-likeness (QED) is 0.508. The number of ketones is 1. The maximum atomic E-state index is 12.8. The van der Waals surface area contributed by atoms with E-state index in [1.807, 2.05) is 24.3 Å². The number of carbonyl (C=O) groups is 2. The lowest BCUT2D eigenvalue weighted by Crippen LogP contribution is -2.50. The highest BCUT2D eigenvalue weighted by molar-refractivity contribution is 6.42. The van der Waals surface area contributed by atoms with Gasteiger partial charge in [0, 0.05) is 37.4 Å². The molecule has 1 amide bonds. The average Bonchev–Trinajstić information content (AvgIpc) is 2.82. The fourth-order valence-electron chi connectivity index (χ4n) is 3.44. The van der Waals surface area contributed by atoms with Gasteiger partial charge < -0.3 is 28.7 Å². The van der Waals surface area contributed by atoms with Gasteiger partial charge in [0.15, 0.2) is 11.5 Å². The van der Waals surface area contributed by atoms with Crippen molar-refractivity contribution < 1.29 is 28.5 Å². The van der Waals surface area contributed by atoms with Gasteiger partial charge in [0.05, 0.1) is 28.4 Å². The molecule has 1 aliphatic heterocycles. The van der Waals surface area contributed by atoms with Crippen molar-refractivity contribution in [3.05, 3.63) is 42.0 Å². The van der Waals surface area contributed by atoms with Crippen molar-refractivity contribution in [2.24, 2.45) is 0 Å². The molecule has 0 spiro atoms. The molecule has 0 atom stereocenters. The lowest BCUT2D eigenvalue weighted by atomic mass is 10.1. The summed E-state index contributed by atoms with van der Waals surface area (Å²) in [6.07, 6.45) is 0. The molecule has 0 saturated carbocycles. The first kappa shape index (κ1) is 21.3. The van der Waals surface area contributed by atoms with E-state index in [2.05, 4.69) is 4.90 Å². The number of piperazine rings is 1. The van der Waals surface area contributed by atoms with Gasteiger partial charge in [-0.05, 0) is 36.4 Å². The van der Waals surface area contributed by atoms with Crippen molar-refractivity contribution >= 4 is 17.4 Å². The summed E-state index contributed by atoms with van der Waals surface area (Å²) in [5, 5.41) is 0. The van der Waals surface area contributed by atoms with Crippen molar-refractivity contribution in [3.8, 4) is 23.0 Å². The SMILES string of the molecule is COc1ccc(N2CCN(C(=O)C(=O)c3cc(OC)c(OC)c(OC)c3)CC2)cc1. The van der Waals surface area contributed by atoms with Crippen molar-refractivity contribution in [2.45, 2.75) is 0 Å². The Bertz CT molecular complexity index is 879. The number of hydrogen-bond donors (Lipinski definition) is 0. The molecule has 0 unspecified atom stereocenters. The molecule has 1 aliphatic rings. The first-order chi connectivity index (χ1) is 14.5. The van der Waals surface area contributed by atoms with Crippen LogP contribution in [0.25, 0.3) is 0 Å². The van der Waals surface area contributed by atoms with E-state index in [-0.39, 0.29) is 5.56 Å². The van der Waals surface area contributed by atoms with E-state index in [1.165, 1.54) is 33.5 Å². The predicted octanol–water partition coefficient (Wildman–Crippen LogP) is 2.25. The van der Waals surface area contributed by atoms with Crippen LogP contribution in [0.1, 0.15) is 10.4 Å². The Morgan fingerprint density at radius 2 is 1.33 bits per heavy atom. The molecular weight excluding hydrogens is 388 g/mol. The van der Waals surface area contributed by atoms with Crippen molar-refractivity contribution in [1.29, 1.82) is 0 Å². The molecule has 2 aromatic carbocycles. The zero-order chi connectivity index (χ0) is 21.7. The van der Waals surface area contributed by atoms with E-state index in [1.54, 1.807) is 12.0 Å². The number of methoxy groups -OCH3 is 4. The summed E-state index contributed by atoms with van der Waals surface area (Å²) in [4.78, 5) is 29.4. The van der Waals surface area contributed by atoms with Crippen LogP contribution < -0.4 is 23.8 Å². The number of amides is 1. The lowest BCUT2D eigenvalue weighted by molar-refractivity contribution is -0.126. The Morgan fingerprint density at radius 3 is 1.80 bits per heavy atom. The predicted molar refractivity (Wildman–Crippen MR) is 112 cm³/mol. The topological polar surface area (TPSA) is 77.5 Å². The maximum absolute atomic E-state index is 12.8. The van der Waals surface area contributed by atoms with Gasteiger partial charge in [0.25, 0.3) is 11.7 Å². The second kappa shape index (κ2) is 9.39. The summed E-state index contributed by atoms with van der Waals surface area (Å²) in [5.41, 5.74) is 1.26. The summed E-state index contributed by atoms with van der Waals surface area (Å²) in [6, 6.07) is 10.8. The van der Waals surface area contributed by atoms with Gasteiger partial charge in [0.1, 0.15) is 5.75 Å². The molecule has 0 N–H and O–H groups in total. The zero-order valence-electron chi connectivity index (χ0n) is 17.6. The number of ether oxygens (including phenoxy) is 4. The highest BCUT2D eigenvalue weighted by atomic mass is 16.5. The van der Waals surface area contributed by atoms with E-state index in [9.17, 15) is 9.59 Å². The molecule has 30 heavy (non-hydrogen) atoms. The summed E-state index contributed by atoms with van der Waals surface area (Å²) in [5.74, 6) is 0.682. The van der Waals surface area contributed by atoms with E-state index in [0.29, 0.717) is 43.4 Å². The van der Waals surface area contributed by atoms with Crippen LogP contribution in [-0.4, -0.2) is 71.2 Å². The zero-order valence-corrected chi connectivity index (χ0v) is 17.6. The van der Waals surface area contributed by atoms with E-state index < -0.39 is 11.7 Å². The molecule has 1 heterocycles. The molecule has 0 aromatic heterocycles. The molecule has 0 bridgehead atoms. The van der Waals surface area contributed by atoms with Crippen LogP contribution in [-0.2, 0) is 4.79 Å². The molecule has 8 nitrogen and oxygen atoms in total. The van der Waals surface area contributed by atoms with Gasteiger partial charge in [-0.3, -0.25) is 9.59 Å². The smallest absolute Gasteiger partial charge is 0.295 e. The Labute approximate surface area is 175 Å². The minimum Gasteiger partial charge on any atom is -0.497 e. The van der Waals surface area contributed by atoms with Crippen LogP contribution in [0, 0.1) is 0 Å². The largest absolute Gasteiger partial charge is 0.497 e. The Morgan fingerprint density at radius 1 is 0.767 bits per heavy atom. The number of carbonyl (C=O) groups excluding carboxylic acids is 2. The summed E-state index contributed by atoms with van der Waals surface area (Å²) >= 11 is 0. The number of benzene rings is 2.